The van der Waals surface area contributed by atoms with Gasteiger partial charge in [0.25, 0.3) is 0 Å². The van der Waals surface area contributed by atoms with Crippen LogP contribution in [0.25, 0.3) is 0 Å². The molecule has 0 aliphatic carbocycles. The topological polar surface area (TPSA) is 24.5 Å². The van der Waals surface area contributed by atoms with Crippen LogP contribution in [-0.2, 0) is 4.74 Å². The summed E-state index contributed by atoms with van der Waals surface area (Å²) in [5.41, 5.74) is 0. The van der Waals surface area contributed by atoms with Crippen LogP contribution in [0.4, 0.5) is 0 Å². The van der Waals surface area contributed by atoms with Gasteiger partial charge in [-0.3, -0.25) is 0 Å². The zero-order valence-electron chi connectivity index (χ0n) is 11.0. The first-order chi connectivity index (χ1) is 7.83. The monoisotopic (exact) mass is 228 g/mol. The molecule has 1 N–H and O–H groups in total. The third-order valence-electron chi connectivity index (χ3n) is 3.37. The summed E-state index contributed by atoms with van der Waals surface area (Å²) in [7, 11) is 2.19. The predicted octanol–water partition coefficient (Wildman–Crippen LogP) is 1.73. The number of nitrogens with one attached hydrogen (secondary N) is 1. The number of hydrogen-bond acceptors (Lipinski definition) is 3. The Bertz CT molecular complexity index is 158. The fourth-order valence-corrected chi connectivity index (χ4v) is 2.30. The van der Waals surface area contributed by atoms with Crippen LogP contribution in [0.1, 0.15) is 32.6 Å². The summed E-state index contributed by atoms with van der Waals surface area (Å²) < 4.78 is 5.35. The van der Waals surface area contributed by atoms with Crippen LogP contribution in [0.15, 0.2) is 0 Å². The Kier molecular flexibility index (Phi) is 7.81. The Balaban J connectivity index is 1.92. The first-order valence-corrected chi connectivity index (χ1v) is 6.80. The van der Waals surface area contributed by atoms with Crippen molar-refractivity contribution in [3.05, 3.63) is 0 Å². The molecule has 1 atom stereocenters. The maximum Gasteiger partial charge on any atom is 0.0593 e. The molecule has 0 aromatic heterocycles. The van der Waals surface area contributed by atoms with E-state index in [0.29, 0.717) is 0 Å². The summed E-state index contributed by atoms with van der Waals surface area (Å²) in [6.07, 6.45) is 5.50. The van der Waals surface area contributed by atoms with Gasteiger partial charge in [-0.15, -0.1) is 0 Å². The van der Waals surface area contributed by atoms with Crippen molar-refractivity contribution in [3.63, 3.8) is 0 Å². The largest absolute Gasteiger partial charge is 0.380 e. The second-order valence-electron chi connectivity index (χ2n) is 4.85. The third kappa shape index (κ3) is 6.46. The van der Waals surface area contributed by atoms with Crippen LogP contribution in [0.3, 0.4) is 0 Å². The van der Waals surface area contributed by atoms with Gasteiger partial charge in [0, 0.05) is 13.2 Å². The SMILES string of the molecule is CCOCCN(C)CCCC1CCCNC1. The number of likely N-dealkylation sites (N-methyl/N-ethyl adjacent to an activating group) is 1. The highest BCUT2D eigenvalue weighted by molar-refractivity contribution is 4.69. The summed E-state index contributed by atoms with van der Waals surface area (Å²) >= 11 is 0. The molecule has 0 saturated carbocycles. The molecule has 1 unspecified atom stereocenters. The average Bonchev–Trinajstić information content (AvgIpc) is 2.31. The molecule has 0 spiro atoms. The van der Waals surface area contributed by atoms with Crippen LogP contribution in [0.5, 0.6) is 0 Å². The van der Waals surface area contributed by atoms with E-state index in [4.69, 9.17) is 4.74 Å². The molecule has 3 nitrogen and oxygen atoms in total. The van der Waals surface area contributed by atoms with Gasteiger partial charge in [-0.2, -0.15) is 0 Å². The molecule has 0 radical (unpaired) electrons. The minimum atomic E-state index is 0.835. The predicted molar refractivity (Wildman–Crippen MR) is 68.8 cm³/mol. The van der Waals surface area contributed by atoms with Gasteiger partial charge in [0.2, 0.25) is 0 Å². The molecule has 0 bridgehead atoms. The molecule has 3 heteroatoms. The number of nitrogens with zero attached hydrogens (tertiary/aromatic N) is 1. The van der Waals surface area contributed by atoms with Gasteiger partial charge >= 0.3 is 0 Å². The summed E-state index contributed by atoms with van der Waals surface area (Å²) in [5.74, 6) is 0.925. The molecule has 1 heterocycles. The van der Waals surface area contributed by atoms with Gasteiger partial charge < -0.3 is 15.0 Å². The third-order valence-corrected chi connectivity index (χ3v) is 3.37. The maximum absolute atomic E-state index is 5.35. The van der Waals surface area contributed by atoms with Gasteiger partial charge in [0.05, 0.1) is 6.61 Å². The second kappa shape index (κ2) is 8.97. The first-order valence-electron chi connectivity index (χ1n) is 6.80. The number of hydrogen-bond donors (Lipinski definition) is 1. The van der Waals surface area contributed by atoms with Crippen molar-refractivity contribution >= 4 is 0 Å². The van der Waals surface area contributed by atoms with Crippen LogP contribution in [-0.4, -0.2) is 51.3 Å². The van der Waals surface area contributed by atoms with Gasteiger partial charge in [-0.05, 0) is 65.2 Å². The van der Waals surface area contributed by atoms with Crippen molar-refractivity contribution < 1.29 is 4.74 Å². The average molecular weight is 228 g/mol. The van der Waals surface area contributed by atoms with Crippen molar-refractivity contribution in [1.29, 1.82) is 0 Å². The molecule has 0 aromatic rings. The van der Waals surface area contributed by atoms with E-state index < -0.39 is 0 Å². The molecular formula is C13H28N2O. The molecule has 0 amide bonds. The van der Waals surface area contributed by atoms with E-state index >= 15 is 0 Å². The highest BCUT2D eigenvalue weighted by atomic mass is 16.5. The van der Waals surface area contributed by atoms with Crippen molar-refractivity contribution in [1.82, 2.24) is 10.2 Å². The fourth-order valence-electron chi connectivity index (χ4n) is 2.30. The van der Waals surface area contributed by atoms with E-state index in [1.807, 2.05) is 0 Å². The van der Waals surface area contributed by atoms with Crippen molar-refractivity contribution in [2.75, 3.05) is 46.4 Å². The van der Waals surface area contributed by atoms with Gasteiger partial charge in [0.1, 0.15) is 0 Å². The van der Waals surface area contributed by atoms with Gasteiger partial charge in [-0.1, -0.05) is 0 Å². The number of rotatable bonds is 8. The Labute approximate surface area is 101 Å². The van der Waals surface area contributed by atoms with Crippen LogP contribution in [0.2, 0.25) is 0 Å². The molecule has 1 fully saturated rings. The Morgan fingerprint density at radius 2 is 2.25 bits per heavy atom. The van der Waals surface area contributed by atoms with Gasteiger partial charge in [0.15, 0.2) is 0 Å². The summed E-state index contributed by atoms with van der Waals surface area (Å²) in [6, 6.07) is 0. The van der Waals surface area contributed by atoms with E-state index in [-0.39, 0.29) is 0 Å². The quantitative estimate of drug-likeness (QED) is 0.640. The molecule has 16 heavy (non-hydrogen) atoms. The second-order valence-corrected chi connectivity index (χ2v) is 4.85. The minimum Gasteiger partial charge on any atom is -0.380 e. The minimum absolute atomic E-state index is 0.835. The van der Waals surface area contributed by atoms with Crippen molar-refractivity contribution in [2.24, 2.45) is 5.92 Å². The summed E-state index contributed by atoms with van der Waals surface area (Å²) in [5, 5.41) is 3.48. The molecular weight excluding hydrogens is 200 g/mol. The molecule has 1 aliphatic rings. The summed E-state index contributed by atoms with van der Waals surface area (Å²) in [6.45, 7) is 8.50. The van der Waals surface area contributed by atoms with Crippen LogP contribution < -0.4 is 5.32 Å². The lowest BCUT2D eigenvalue weighted by Gasteiger charge is -2.23. The van der Waals surface area contributed by atoms with Crippen LogP contribution in [0, 0.1) is 5.92 Å². The van der Waals surface area contributed by atoms with Crippen molar-refractivity contribution in [2.45, 2.75) is 32.6 Å². The molecule has 1 rings (SSSR count). The zero-order chi connectivity index (χ0) is 11.6. The standard InChI is InChI=1S/C13H28N2O/c1-3-16-11-10-15(2)9-5-7-13-6-4-8-14-12-13/h13-14H,3-12H2,1-2H3. The Hall–Kier alpha value is -0.120. The van der Waals surface area contributed by atoms with Crippen LogP contribution >= 0.6 is 0 Å². The lowest BCUT2D eigenvalue weighted by molar-refractivity contribution is 0.121. The van der Waals surface area contributed by atoms with E-state index in [0.717, 1.165) is 25.7 Å². The maximum atomic E-state index is 5.35. The molecule has 1 aliphatic heterocycles. The highest BCUT2D eigenvalue weighted by Gasteiger charge is 2.12. The zero-order valence-corrected chi connectivity index (χ0v) is 11.0. The summed E-state index contributed by atoms with van der Waals surface area (Å²) in [4.78, 5) is 2.38. The number of ether oxygens (including phenoxy) is 1. The van der Waals surface area contributed by atoms with E-state index in [1.165, 1.54) is 45.3 Å². The first kappa shape index (κ1) is 13.9. The van der Waals surface area contributed by atoms with Crippen molar-refractivity contribution in [3.8, 4) is 0 Å². The normalized spacial score (nSPS) is 21.6. The van der Waals surface area contributed by atoms with E-state index in [2.05, 4.69) is 24.2 Å². The Morgan fingerprint density at radius 3 is 2.94 bits per heavy atom. The number of piperidine rings is 1. The fraction of sp³-hybridized carbons (Fsp3) is 1.00. The lowest BCUT2D eigenvalue weighted by atomic mass is 9.95. The highest BCUT2D eigenvalue weighted by Crippen LogP contribution is 2.15. The molecule has 0 aromatic carbocycles. The van der Waals surface area contributed by atoms with E-state index in [9.17, 15) is 0 Å². The smallest absolute Gasteiger partial charge is 0.0593 e. The Morgan fingerprint density at radius 1 is 1.38 bits per heavy atom. The molecule has 1 saturated heterocycles. The lowest BCUT2D eigenvalue weighted by Crippen LogP contribution is -2.30. The van der Waals surface area contributed by atoms with Gasteiger partial charge in [-0.25, -0.2) is 0 Å². The van der Waals surface area contributed by atoms with E-state index in [1.54, 1.807) is 0 Å². The molecule has 96 valence electrons.